The van der Waals surface area contributed by atoms with Gasteiger partial charge in [-0.05, 0) is 38.5 Å². The minimum atomic E-state index is -0.116. The molecule has 0 spiro atoms. The van der Waals surface area contributed by atoms with Gasteiger partial charge in [0.05, 0.1) is 0 Å². The Hall–Kier alpha value is -1.62. The second kappa shape index (κ2) is 6.70. The number of nitrogens with zero attached hydrogens (tertiary/aromatic N) is 1. The predicted octanol–water partition coefficient (Wildman–Crippen LogP) is 2.20. The first kappa shape index (κ1) is 14.8. The minimum Gasteiger partial charge on any atom is -0.348 e. The van der Waals surface area contributed by atoms with Crippen molar-refractivity contribution in [2.24, 2.45) is 0 Å². The SMILES string of the molecule is Cc1ccc(C=CC(=O)NC(C)CN2CCCC2=O)s1. The monoisotopic (exact) mass is 292 g/mol. The van der Waals surface area contributed by atoms with Gasteiger partial charge in [0.2, 0.25) is 11.8 Å². The molecule has 2 heterocycles. The molecule has 1 saturated heterocycles. The van der Waals surface area contributed by atoms with Gasteiger partial charge < -0.3 is 10.2 Å². The van der Waals surface area contributed by atoms with Crippen molar-refractivity contribution < 1.29 is 9.59 Å². The van der Waals surface area contributed by atoms with E-state index in [0.29, 0.717) is 13.0 Å². The van der Waals surface area contributed by atoms with E-state index in [-0.39, 0.29) is 17.9 Å². The van der Waals surface area contributed by atoms with Crippen LogP contribution in [0.2, 0.25) is 0 Å². The molecule has 2 amide bonds. The summed E-state index contributed by atoms with van der Waals surface area (Å²) in [6, 6.07) is 4.00. The van der Waals surface area contributed by atoms with Crippen LogP contribution in [-0.4, -0.2) is 35.8 Å². The molecule has 4 nitrogen and oxygen atoms in total. The van der Waals surface area contributed by atoms with E-state index in [4.69, 9.17) is 0 Å². The molecule has 1 aromatic rings. The molecule has 0 saturated carbocycles. The Morgan fingerprint density at radius 1 is 1.55 bits per heavy atom. The smallest absolute Gasteiger partial charge is 0.244 e. The quantitative estimate of drug-likeness (QED) is 0.846. The van der Waals surface area contributed by atoms with Crippen LogP contribution in [0.1, 0.15) is 29.5 Å². The number of nitrogens with one attached hydrogen (secondary N) is 1. The van der Waals surface area contributed by atoms with Crippen LogP contribution in [0, 0.1) is 6.92 Å². The molecule has 1 atom stereocenters. The van der Waals surface area contributed by atoms with E-state index in [9.17, 15) is 9.59 Å². The molecule has 0 radical (unpaired) electrons. The number of thiophene rings is 1. The first-order valence-corrected chi connectivity index (χ1v) is 7.69. The first-order valence-electron chi connectivity index (χ1n) is 6.87. The third kappa shape index (κ3) is 4.20. The lowest BCUT2D eigenvalue weighted by atomic mass is 10.3. The maximum atomic E-state index is 11.8. The molecule has 108 valence electrons. The fourth-order valence-electron chi connectivity index (χ4n) is 2.27. The van der Waals surface area contributed by atoms with E-state index >= 15 is 0 Å². The summed E-state index contributed by atoms with van der Waals surface area (Å²) >= 11 is 1.66. The van der Waals surface area contributed by atoms with Crippen LogP contribution >= 0.6 is 11.3 Å². The van der Waals surface area contributed by atoms with Crippen molar-refractivity contribution in [3.8, 4) is 0 Å². The molecule has 1 aromatic heterocycles. The fraction of sp³-hybridized carbons (Fsp3) is 0.467. The van der Waals surface area contributed by atoms with Crippen molar-refractivity contribution in [2.75, 3.05) is 13.1 Å². The lowest BCUT2D eigenvalue weighted by Gasteiger charge is -2.21. The summed E-state index contributed by atoms with van der Waals surface area (Å²) in [5.41, 5.74) is 0. The molecular weight excluding hydrogens is 272 g/mol. The maximum Gasteiger partial charge on any atom is 0.244 e. The maximum absolute atomic E-state index is 11.8. The Labute approximate surface area is 123 Å². The third-order valence-electron chi connectivity index (χ3n) is 3.21. The molecule has 1 aliphatic heterocycles. The van der Waals surface area contributed by atoms with Gasteiger partial charge in [0, 0.05) is 41.4 Å². The molecule has 1 N–H and O–H groups in total. The fourth-order valence-corrected chi connectivity index (χ4v) is 3.05. The van der Waals surface area contributed by atoms with E-state index in [1.807, 2.05) is 37.0 Å². The van der Waals surface area contributed by atoms with Gasteiger partial charge in [-0.2, -0.15) is 0 Å². The van der Waals surface area contributed by atoms with Crippen molar-refractivity contribution in [2.45, 2.75) is 32.7 Å². The molecule has 1 aliphatic rings. The summed E-state index contributed by atoms with van der Waals surface area (Å²) in [7, 11) is 0. The highest BCUT2D eigenvalue weighted by molar-refractivity contribution is 7.12. The molecule has 0 aromatic carbocycles. The van der Waals surface area contributed by atoms with Crippen LogP contribution in [0.15, 0.2) is 18.2 Å². The van der Waals surface area contributed by atoms with E-state index in [0.717, 1.165) is 17.8 Å². The molecular formula is C15H20N2O2S. The number of amides is 2. The Balaban J connectivity index is 1.78. The van der Waals surface area contributed by atoms with Gasteiger partial charge >= 0.3 is 0 Å². The largest absolute Gasteiger partial charge is 0.348 e. The van der Waals surface area contributed by atoms with Crippen LogP contribution in [0.3, 0.4) is 0 Å². The summed E-state index contributed by atoms with van der Waals surface area (Å²) in [6.07, 6.45) is 4.93. The lowest BCUT2D eigenvalue weighted by molar-refractivity contribution is -0.128. The number of likely N-dealkylation sites (tertiary alicyclic amines) is 1. The highest BCUT2D eigenvalue weighted by atomic mass is 32.1. The van der Waals surface area contributed by atoms with E-state index in [2.05, 4.69) is 5.32 Å². The van der Waals surface area contributed by atoms with Crippen LogP contribution < -0.4 is 5.32 Å². The van der Waals surface area contributed by atoms with Gasteiger partial charge in [0.1, 0.15) is 0 Å². The zero-order valence-corrected chi connectivity index (χ0v) is 12.7. The van der Waals surface area contributed by atoms with Crippen molar-refractivity contribution in [1.29, 1.82) is 0 Å². The van der Waals surface area contributed by atoms with E-state index in [1.165, 1.54) is 4.88 Å². The van der Waals surface area contributed by atoms with E-state index < -0.39 is 0 Å². The summed E-state index contributed by atoms with van der Waals surface area (Å²) < 4.78 is 0. The highest BCUT2D eigenvalue weighted by Gasteiger charge is 2.21. The van der Waals surface area contributed by atoms with Gasteiger partial charge in [-0.3, -0.25) is 9.59 Å². The predicted molar refractivity (Wildman–Crippen MR) is 81.5 cm³/mol. The van der Waals surface area contributed by atoms with E-state index in [1.54, 1.807) is 17.4 Å². The van der Waals surface area contributed by atoms with Crippen molar-refractivity contribution in [3.63, 3.8) is 0 Å². The van der Waals surface area contributed by atoms with Crippen molar-refractivity contribution in [3.05, 3.63) is 28.0 Å². The second-order valence-electron chi connectivity index (χ2n) is 5.13. The second-order valence-corrected chi connectivity index (χ2v) is 6.45. The standard InChI is InChI=1S/C15H20N2O2S/c1-11(10-17-9-3-4-15(17)19)16-14(18)8-7-13-6-5-12(2)20-13/h5-8,11H,3-4,9-10H2,1-2H3,(H,16,18). The molecule has 0 aliphatic carbocycles. The minimum absolute atomic E-state index is 0.0285. The lowest BCUT2D eigenvalue weighted by Crippen LogP contribution is -2.41. The van der Waals surface area contributed by atoms with Gasteiger partial charge in [0.15, 0.2) is 0 Å². The van der Waals surface area contributed by atoms with Crippen LogP contribution in [0.5, 0.6) is 0 Å². The van der Waals surface area contributed by atoms with Gasteiger partial charge in [0.25, 0.3) is 0 Å². The zero-order chi connectivity index (χ0) is 14.5. The van der Waals surface area contributed by atoms with Gasteiger partial charge in [-0.25, -0.2) is 0 Å². The zero-order valence-electron chi connectivity index (χ0n) is 11.9. The Kier molecular flexibility index (Phi) is 4.95. The molecule has 1 unspecified atom stereocenters. The molecule has 1 fully saturated rings. The first-order chi connectivity index (χ1) is 9.54. The van der Waals surface area contributed by atoms with Gasteiger partial charge in [-0.15, -0.1) is 11.3 Å². The van der Waals surface area contributed by atoms with Crippen LogP contribution in [-0.2, 0) is 9.59 Å². The summed E-state index contributed by atoms with van der Waals surface area (Å²) in [5.74, 6) is 0.0749. The number of carbonyl (C=O) groups excluding carboxylic acids is 2. The van der Waals surface area contributed by atoms with Crippen molar-refractivity contribution in [1.82, 2.24) is 10.2 Å². The Morgan fingerprint density at radius 2 is 2.35 bits per heavy atom. The Bertz CT molecular complexity index is 522. The van der Waals surface area contributed by atoms with Crippen molar-refractivity contribution >= 4 is 29.2 Å². The van der Waals surface area contributed by atoms with Gasteiger partial charge in [-0.1, -0.05) is 0 Å². The Morgan fingerprint density at radius 3 is 2.95 bits per heavy atom. The molecule has 5 heteroatoms. The number of rotatable bonds is 5. The summed E-state index contributed by atoms with van der Waals surface area (Å²) in [4.78, 5) is 27.4. The summed E-state index contributed by atoms with van der Waals surface area (Å²) in [6.45, 7) is 5.36. The topological polar surface area (TPSA) is 49.4 Å². The average molecular weight is 292 g/mol. The third-order valence-corrected chi connectivity index (χ3v) is 4.18. The molecule has 2 rings (SSSR count). The summed E-state index contributed by atoms with van der Waals surface area (Å²) in [5, 5.41) is 2.89. The number of hydrogen-bond donors (Lipinski definition) is 1. The molecule has 20 heavy (non-hydrogen) atoms. The molecule has 0 bridgehead atoms. The van der Waals surface area contributed by atoms with Crippen LogP contribution in [0.25, 0.3) is 6.08 Å². The normalized spacial score (nSPS) is 16.9. The highest BCUT2D eigenvalue weighted by Crippen LogP contribution is 2.16. The average Bonchev–Trinajstić information content (AvgIpc) is 2.97. The number of carbonyl (C=O) groups is 2. The van der Waals surface area contributed by atoms with Crippen LogP contribution in [0.4, 0.5) is 0 Å². The number of aryl methyl sites for hydroxylation is 1. The number of hydrogen-bond acceptors (Lipinski definition) is 3.